The van der Waals surface area contributed by atoms with Crippen molar-refractivity contribution in [3.05, 3.63) is 0 Å². The van der Waals surface area contributed by atoms with Crippen molar-refractivity contribution >= 4 is 17.8 Å². The molecule has 6 atom stereocenters. The lowest BCUT2D eigenvalue weighted by Gasteiger charge is -2.44. The highest BCUT2D eigenvalue weighted by molar-refractivity contribution is 5.80. The minimum Gasteiger partial charge on any atom is -0.477 e. The molecule has 1 heterocycles. The maximum atomic E-state index is 11.7. The van der Waals surface area contributed by atoms with E-state index in [2.05, 4.69) is 10.1 Å². The monoisotopic (exact) mass is 367 g/mol. The number of carbonyl (C=O) groups excluding carboxylic acids is 2. The molecule has 0 aromatic heterocycles. The SMILES string of the molecule is CC(=O)OCC(=O)N[C@H]1[C@H]([C@H](O)[C@H](O)CO)OC(O)(C(=O)O)C[C@@H]1O. The van der Waals surface area contributed by atoms with E-state index in [1.165, 1.54) is 0 Å². The van der Waals surface area contributed by atoms with Crippen LogP contribution >= 0.6 is 0 Å². The largest absolute Gasteiger partial charge is 0.477 e. The van der Waals surface area contributed by atoms with Gasteiger partial charge in [0, 0.05) is 13.3 Å². The topological polar surface area (TPSA) is 203 Å². The second-order valence-electron chi connectivity index (χ2n) is 5.56. The zero-order valence-corrected chi connectivity index (χ0v) is 13.2. The number of ether oxygens (including phenoxy) is 2. The molecule has 25 heavy (non-hydrogen) atoms. The van der Waals surface area contributed by atoms with E-state index in [1.54, 1.807) is 0 Å². The number of rotatable bonds is 7. The second-order valence-corrected chi connectivity index (χ2v) is 5.56. The Hall–Kier alpha value is -1.83. The zero-order valence-electron chi connectivity index (χ0n) is 13.2. The van der Waals surface area contributed by atoms with E-state index in [0.717, 1.165) is 6.92 Å². The zero-order chi connectivity index (χ0) is 19.4. The molecule has 12 heteroatoms. The van der Waals surface area contributed by atoms with Crippen molar-refractivity contribution in [2.45, 2.75) is 49.6 Å². The van der Waals surface area contributed by atoms with Crippen LogP contribution in [0.2, 0.25) is 0 Å². The predicted molar refractivity (Wildman–Crippen MR) is 75.7 cm³/mol. The van der Waals surface area contributed by atoms with E-state index in [0.29, 0.717) is 0 Å². The maximum absolute atomic E-state index is 11.7. The van der Waals surface area contributed by atoms with Crippen molar-refractivity contribution in [2.75, 3.05) is 13.2 Å². The van der Waals surface area contributed by atoms with Crippen molar-refractivity contribution in [3.8, 4) is 0 Å². The number of carbonyl (C=O) groups is 3. The van der Waals surface area contributed by atoms with E-state index >= 15 is 0 Å². The molecule has 12 nitrogen and oxygen atoms in total. The smallest absolute Gasteiger partial charge is 0.364 e. The minimum atomic E-state index is -2.88. The van der Waals surface area contributed by atoms with Gasteiger partial charge < -0.3 is 45.4 Å². The Labute approximate surface area is 141 Å². The standard InChI is InChI=1S/C13H21NO11/c1-5(16)24-4-8(19)14-9-6(17)2-13(23,12(21)22)25-11(9)10(20)7(18)3-15/h6-7,9-11,15,17-18,20,23H,2-4H2,1H3,(H,14,19)(H,21,22)/t6-,7+,9+,10+,11+,13?/m0/s1. The Kier molecular flexibility index (Phi) is 7.22. The van der Waals surface area contributed by atoms with E-state index < -0.39 is 73.7 Å². The molecule has 144 valence electrons. The number of hydrogen-bond donors (Lipinski definition) is 7. The van der Waals surface area contributed by atoms with Crippen LogP contribution in [-0.4, -0.2) is 97.9 Å². The molecule has 1 saturated heterocycles. The van der Waals surface area contributed by atoms with Crippen molar-refractivity contribution in [3.63, 3.8) is 0 Å². The first-order valence-corrected chi connectivity index (χ1v) is 7.23. The van der Waals surface area contributed by atoms with Gasteiger partial charge in [0.25, 0.3) is 11.7 Å². The lowest BCUT2D eigenvalue weighted by Crippen LogP contribution is -2.67. The van der Waals surface area contributed by atoms with Crippen molar-refractivity contribution in [1.82, 2.24) is 5.32 Å². The first kappa shape index (κ1) is 21.2. The summed E-state index contributed by atoms with van der Waals surface area (Å²) < 4.78 is 9.34. The summed E-state index contributed by atoms with van der Waals surface area (Å²) >= 11 is 0. The molecule has 0 aromatic carbocycles. The van der Waals surface area contributed by atoms with Gasteiger partial charge in [-0.25, -0.2) is 4.79 Å². The average Bonchev–Trinajstić information content (AvgIpc) is 2.53. The van der Waals surface area contributed by atoms with Crippen LogP contribution in [0.1, 0.15) is 13.3 Å². The van der Waals surface area contributed by atoms with Gasteiger partial charge in [-0.3, -0.25) is 9.59 Å². The summed E-state index contributed by atoms with van der Waals surface area (Å²) in [6, 6.07) is -1.46. The summed E-state index contributed by atoms with van der Waals surface area (Å²) in [6.45, 7) is -0.590. The van der Waals surface area contributed by atoms with Crippen LogP contribution in [0.25, 0.3) is 0 Å². The Bertz CT molecular complexity index is 512. The molecule has 1 amide bonds. The molecule has 7 N–H and O–H groups in total. The Morgan fingerprint density at radius 1 is 1.36 bits per heavy atom. The van der Waals surface area contributed by atoms with Crippen LogP contribution in [0, 0.1) is 0 Å². The fourth-order valence-corrected chi connectivity index (χ4v) is 2.30. The third-order valence-electron chi connectivity index (χ3n) is 3.57. The quantitative estimate of drug-likeness (QED) is 0.214. The highest BCUT2D eigenvalue weighted by atomic mass is 16.7. The normalized spacial score (nSPS) is 31.7. The second kappa shape index (κ2) is 8.51. The van der Waals surface area contributed by atoms with Crippen LogP contribution in [0.15, 0.2) is 0 Å². The Balaban J connectivity index is 2.99. The van der Waals surface area contributed by atoms with Gasteiger partial charge in [0.1, 0.15) is 18.3 Å². The van der Waals surface area contributed by atoms with E-state index in [4.69, 9.17) is 14.9 Å². The number of nitrogens with one attached hydrogen (secondary N) is 1. The summed E-state index contributed by atoms with van der Waals surface area (Å²) in [6.07, 6.45) is -8.08. The van der Waals surface area contributed by atoms with Gasteiger partial charge in [-0.15, -0.1) is 0 Å². The van der Waals surface area contributed by atoms with Gasteiger partial charge in [0.05, 0.1) is 18.8 Å². The third-order valence-corrected chi connectivity index (χ3v) is 3.57. The molecule has 0 aromatic rings. The molecular weight excluding hydrogens is 346 g/mol. The van der Waals surface area contributed by atoms with Gasteiger partial charge in [0.15, 0.2) is 6.61 Å². The molecule has 0 aliphatic carbocycles. The summed E-state index contributed by atoms with van der Waals surface area (Å²) in [4.78, 5) is 33.5. The van der Waals surface area contributed by atoms with Gasteiger partial charge in [-0.2, -0.15) is 0 Å². The fraction of sp³-hybridized carbons (Fsp3) is 0.769. The first-order valence-electron chi connectivity index (χ1n) is 7.23. The Morgan fingerprint density at radius 2 is 1.96 bits per heavy atom. The summed E-state index contributed by atoms with van der Waals surface area (Å²) in [5, 5.41) is 59.6. The number of aliphatic carboxylic acids is 1. The third kappa shape index (κ3) is 5.32. The van der Waals surface area contributed by atoms with Crippen LogP contribution in [0.5, 0.6) is 0 Å². The van der Waals surface area contributed by atoms with Crippen molar-refractivity contribution < 1.29 is 54.5 Å². The molecule has 1 aliphatic rings. The van der Waals surface area contributed by atoms with E-state index in [-0.39, 0.29) is 0 Å². The molecule has 0 saturated carbocycles. The molecule has 0 spiro atoms. The van der Waals surface area contributed by atoms with E-state index in [9.17, 15) is 34.8 Å². The van der Waals surface area contributed by atoms with Crippen LogP contribution < -0.4 is 5.32 Å². The van der Waals surface area contributed by atoms with Crippen LogP contribution in [-0.2, 0) is 23.9 Å². The lowest BCUT2D eigenvalue weighted by atomic mass is 9.88. The molecule has 1 rings (SSSR count). The highest BCUT2D eigenvalue weighted by Crippen LogP contribution is 2.30. The molecular formula is C13H21NO11. The van der Waals surface area contributed by atoms with Gasteiger partial charge >= 0.3 is 11.9 Å². The van der Waals surface area contributed by atoms with Crippen molar-refractivity contribution in [1.29, 1.82) is 0 Å². The number of hydrogen-bond acceptors (Lipinski definition) is 10. The van der Waals surface area contributed by atoms with Gasteiger partial charge in [0.2, 0.25) is 0 Å². The first-order chi connectivity index (χ1) is 11.5. The highest BCUT2D eigenvalue weighted by Gasteiger charge is 2.54. The summed E-state index contributed by atoms with van der Waals surface area (Å²) in [7, 11) is 0. The number of carboxylic acid groups (broad SMARTS) is 1. The van der Waals surface area contributed by atoms with Crippen LogP contribution in [0.4, 0.5) is 0 Å². The molecule has 0 bridgehead atoms. The maximum Gasteiger partial charge on any atom is 0.364 e. The number of esters is 1. The lowest BCUT2D eigenvalue weighted by molar-refractivity contribution is -0.295. The molecule has 1 aliphatic heterocycles. The van der Waals surface area contributed by atoms with Gasteiger partial charge in [-0.1, -0.05) is 0 Å². The van der Waals surface area contributed by atoms with Crippen LogP contribution in [0.3, 0.4) is 0 Å². The minimum absolute atomic E-state index is 0.715. The fourth-order valence-electron chi connectivity index (χ4n) is 2.30. The summed E-state index contributed by atoms with van der Waals surface area (Å²) in [5.41, 5.74) is 0. The number of aliphatic hydroxyl groups excluding tert-OH is 4. The number of aliphatic hydroxyl groups is 5. The summed E-state index contributed by atoms with van der Waals surface area (Å²) in [5.74, 6) is -6.38. The molecule has 1 unspecified atom stereocenters. The predicted octanol–water partition coefficient (Wildman–Crippen LogP) is -4.33. The van der Waals surface area contributed by atoms with Gasteiger partial charge in [-0.05, 0) is 0 Å². The average molecular weight is 367 g/mol. The van der Waals surface area contributed by atoms with Crippen molar-refractivity contribution in [2.24, 2.45) is 0 Å². The Morgan fingerprint density at radius 3 is 2.44 bits per heavy atom. The number of carboxylic acids is 1. The number of amides is 1. The van der Waals surface area contributed by atoms with E-state index in [1.807, 2.05) is 0 Å². The molecule has 1 fully saturated rings. The molecule has 0 radical (unpaired) electrons.